The molecule has 0 aliphatic rings. The summed E-state index contributed by atoms with van der Waals surface area (Å²) in [5.41, 5.74) is 0.861. The lowest BCUT2D eigenvalue weighted by molar-refractivity contribution is -0.142. The van der Waals surface area contributed by atoms with Gasteiger partial charge < -0.3 is 5.11 Å². The maximum atomic E-state index is 13.1. The topological polar surface area (TPSA) is 54.6 Å². The molecule has 0 saturated heterocycles. The van der Waals surface area contributed by atoms with Crippen LogP contribution in [0.2, 0.25) is 0 Å². The first-order chi connectivity index (χ1) is 10.3. The molecule has 0 bridgehead atoms. The maximum Gasteiger partial charge on any atom is 0.433 e. The van der Waals surface area contributed by atoms with E-state index in [1.54, 1.807) is 12.1 Å². The van der Waals surface area contributed by atoms with Gasteiger partial charge in [-0.25, -0.2) is 9.78 Å². The number of carboxylic acids is 1. The van der Waals surface area contributed by atoms with Crippen LogP contribution >= 0.6 is 11.3 Å². The van der Waals surface area contributed by atoms with Crippen molar-refractivity contribution in [2.75, 3.05) is 0 Å². The lowest BCUT2D eigenvalue weighted by Gasteiger charge is -2.06. The molecule has 0 unspecified atom stereocenters. The highest BCUT2D eigenvalue weighted by Gasteiger charge is 2.40. The Labute approximate surface area is 126 Å². The molecule has 2 heterocycles. The van der Waals surface area contributed by atoms with Crippen LogP contribution in [0.25, 0.3) is 16.2 Å². The number of nitrogens with zero attached hydrogens (tertiary/aromatic N) is 2. The van der Waals surface area contributed by atoms with Crippen LogP contribution in [0.3, 0.4) is 0 Å². The second-order valence-corrected chi connectivity index (χ2v) is 5.70. The largest absolute Gasteiger partial charge is 0.477 e. The van der Waals surface area contributed by atoms with Crippen molar-refractivity contribution in [1.82, 2.24) is 9.38 Å². The van der Waals surface area contributed by atoms with E-state index in [0.717, 1.165) is 9.96 Å². The smallest absolute Gasteiger partial charge is 0.433 e. The molecule has 0 atom stereocenters. The molecule has 0 spiro atoms. The van der Waals surface area contributed by atoms with E-state index >= 15 is 0 Å². The number of aromatic carboxylic acids is 1. The lowest BCUT2D eigenvalue weighted by atomic mass is 10.1. The summed E-state index contributed by atoms with van der Waals surface area (Å²) in [5.74, 6) is -1.61. The average molecular weight is 326 g/mol. The number of fused-ring (bicyclic) bond motifs is 1. The number of carbonyl (C=O) groups is 1. The van der Waals surface area contributed by atoms with Crippen LogP contribution in [0, 0.1) is 6.92 Å². The summed E-state index contributed by atoms with van der Waals surface area (Å²) in [4.78, 5) is 14.3. The molecule has 0 fully saturated rings. The second kappa shape index (κ2) is 4.84. The summed E-state index contributed by atoms with van der Waals surface area (Å²) in [6, 6.07) is 7.17. The molecule has 0 amide bonds. The van der Waals surface area contributed by atoms with Crippen molar-refractivity contribution in [3.05, 3.63) is 46.6 Å². The summed E-state index contributed by atoms with van der Waals surface area (Å²) < 4.78 is 40.2. The summed E-state index contributed by atoms with van der Waals surface area (Å²) in [7, 11) is 0. The zero-order valence-corrected chi connectivity index (χ0v) is 12.0. The molecular weight excluding hydrogens is 317 g/mol. The number of halogens is 3. The molecule has 8 heteroatoms. The predicted molar refractivity (Wildman–Crippen MR) is 75.2 cm³/mol. The van der Waals surface area contributed by atoms with Gasteiger partial charge in [-0.3, -0.25) is 4.40 Å². The number of alkyl halides is 3. The Hall–Kier alpha value is -2.35. The van der Waals surface area contributed by atoms with Crippen molar-refractivity contribution < 1.29 is 23.1 Å². The van der Waals surface area contributed by atoms with E-state index < -0.39 is 22.7 Å². The van der Waals surface area contributed by atoms with Crippen molar-refractivity contribution in [2.24, 2.45) is 0 Å². The number of carboxylic acid groups (broad SMARTS) is 1. The molecule has 1 N–H and O–H groups in total. The first-order valence-corrected chi connectivity index (χ1v) is 6.98. The average Bonchev–Trinajstić information content (AvgIpc) is 2.94. The third-order valence-corrected chi connectivity index (χ3v) is 4.18. The van der Waals surface area contributed by atoms with Crippen LogP contribution in [-0.4, -0.2) is 20.5 Å². The molecule has 1 aromatic carbocycles. The second-order valence-electron chi connectivity index (χ2n) is 4.73. The van der Waals surface area contributed by atoms with Gasteiger partial charge in [-0.1, -0.05) is 41.2 Å². The highest BCUT2D eigenvalue weighted by Crippen LogP contribution is 2.38. The minimum absolute atomic E-state index is 0.000278. The van der Waals surface area contributed by atoms with E-state index in [9.17, 15) is 18.0 Å². The van der Waals surface area contributed by atoms with Crippen LogP contribution in [0.4, 0.5) is 13.2 Å². The number of thiazole rings is 1. The van der Waals surface area contributed by atoms with E-state index in [2.05, 4.69) is 4.98 Å². The number of aryl methyl sites for hydroxylation is 1. The molecule has 0 aliphatic carbocycles. The predicted octanol–water partition coefficient (Wildman–Crippen LogP) is 4.09. The van der Waals surface area contributed by atoms with Gasteiger partial charge in [0.1, 0.15) is 4.88 Å². The molecule has 2 aromatic heterocycles. The summed E-state index contributed by atoms with van der Waals surface area (Å²) >= 11 is 0.510. The van der Waals surface area contributed by atoms with E-state index in [-0.39, 0.29) is 4.96 Å². The highest BCUT2D eigenvalue weighted by atomic mass is 32.1. The van der Waals surface area contributed by atoms with Crippen LogP contribution in [0.1, 0.15) is 20.9 Å². The van der Waals surface area contributed by atoms with Crippen molar-refractivity contribution in [2.45, 2.75) is 13.1 Å². The van der Waals surface area contributed by atoms with Crippen molar-refractivity contribution in [3.8, 4) is 11.3 Å². The Morgan fingerprint density at radius 2 is 1.91 bits per heavy atom. The van der Waals surface area contributed by atoms with Gasteiger partial charge in [-0.2, -0.15) is 13.2 Å². The number of hydrogen-bond donors (Lipinski definition) is 1. The molecule has 0 aliphatic heterocycles. The van der Waals surface area contributed by atoms with E-state index in [1.807, 2.05) is 19.1 Å². The molecule has 22 heavy (non-hydrogen) atoms. The molecule has 0 radical (unpaired) electrons. The van der Waals surface area contributed by atoms with Gasteiger partial charge in [0.15, 0.2) is 10.7 Å². The Kier molecular flexibility index (Phi) is 3.21. The van der Waals surface area contributed by atoms with E-state index in [0.29, 0.717) is 22.6 Å². The standard InChI is InChI=1S/C14H9F3N2O2S/c1-7-2-4-8(5-3-7)9-6-19-11(14(15,16)17)10(12(20)21)22-13(19)18-9/h2-6H,1H3,(H,20,21). The minimum Gasteiger partial charge on any atom is -0.477 e. The third-order valence-electron chi connectivity index (χ3n) is 3.13. The minimum atomic E-state index is -4.77. The van der Waals surface area contributed by atoms with Crippen molar-refractivity contribution >= 4 is 22.3 Å². The van der Waals surface area contributed by atoms with Gasteiger partial charge in [0.25, 0.3) is 0 Å². The van der Waals surface area contributed by atoms with Crippen LogP contribution in [0.15, 0.2) is 30.5 Å². The molecule has 0 saturated carbocycles. The van der Waals surface area contributed by atoms with Gasteiger partial charge in [-0.15, -0.1) is 0 Å². The van der Waals surface area contributed by atoms with E-state index in [1.165, 1.54) is 6.20 Å². The normalized spacial score (nSPS) is 12.0. The number of rotatable bonds is 2. The van der Waals surface area contributed by atoms with Gasteiger partial charge in [0.05, 0.1) is 5.69 Å². The molecule has 3 rings (SSSR count). The van der Waals surface area contributed by atoms with Crippen LogP contribution in [0.5, 0.6) is 0 Å². The van der Waals surface area contributed by atoms with E-state index in [4.69, 9.17) is 5.11 Å². The zero-order valence-electron chi connectivity index (χ0n) is 11.2. The highest BCUT2D eigenvalue weighted by molar-refractivity contribution is 7.19. The lowest BCUT2D eigenvalue weighted by Crippen LogP contribution is -2.13. The van der Waals surface area contributed by atoms with Crippen LogP contribution < -0.4 is 0 Å². The summed E-state index contributed by atoms with van der Waals surface area (Å²) in [5, 5.41) is 8.93. The van der Waals surface area contributed by atoms with Crippen molar-refractivity contribution in [1.29, 1.82) is 0 Å². The Morgan fingerprint density at radius 3 is 2.45 bits per heavy atom. The zero-order chi connectivity index (χ0) is 16.1. The monoisotopic (exact) mass is 326 g/mol. The maximum absolute atomic E-state index is 13.1. The van der Waals surface area contributed by atoms with Gasteiger partial charge >= 0.3 is 12.1 Å². The fourth-order valence-corrected chi connectivity index (χ4v) is 3.09. The fraction of sp³-hybridized carbons (Fsp3) is 0.143. The molecule has 114 valence electrons. The van der Waals surface area contributed by atoms with Gasteiger partial charge in [-0.05, 0) is 6.92 Å². The molecule has 3 aromatic rings. The van der Waals surface area contributed by atoms with Crippen LogP contribution in [-0.2, 0) is 6.18 Å². The number of benzene rings is 1. The first kappa shape index (κ1) is 14.6. The number of aromatic nitrogens is 2. The first-order valence-electron chi connectivity index (χ1n) is 6.17. The number of hydrogen-bond acceptors (Lipinski definition) is 3. The molecule has 4 nitrogen and oxygen atoms in total. The van der Waals surface area contributed by atoms with Gasteiger partial charge in [0, 0.05) is 11.8 Å². The number of imidazole rings is 1. The summed E-state index contributed by atoms with van der Waals surface area (Å²) in [6.07, 6.45) is -3.55. The SMILES string of the molecule is Cc1ccc(-c2cn3c(C(F)(F)F)c(C(=O)O)sc3n2)cc1. The summed E-state index contributed by atoms with van der Waals surface area (Å²) in [6.45, 7) is 1.90. The van der Waals surface area contributed by atoms with Gasteiger partial charge in [0.2, 0.25) is 0 Å². The quantitative estimate of drug-likeness (QED) is 0.772. The Morgan fingerprint density at radius 1 is 1.27 bits per heavy atom. The third kappa shape index (κ3) is 2.35. The Balaban J connectivity index is 2.21. The Bertz CT molecular complexity index is 863. The molecular formula is C14H9F3N2O2S. The van der Waals surface area contributed by atoms with Crippen molar-refractivity contribution in [3.63, 3.8) is 0 Å². The fourth-order valence-electron chi connectivity index (χ4n) is 2.12.